The van der Waals surface area contributed by atoms with Crippen molar-refractivity contribution in [3.8, 4) is 0 Å². The molecule has 2 heterocycles. The van der Waals surface area contributed by atoms with Crippen LogP contribution in [0, 0.1) is 13.8 Å². The molecule has 0 aliphatic heterocycles. The summed E-state index contributed by atoms with van der Waals surface area (Å²) in [7, 11) is 0. The number of nitrogens with one attached hydrogen (secondary N) is 2. The van der Waals surface area contributed by atoms with Gasteiger partial charge in [0.2, 0.25) is 0 Å². The molecule has 0 bridgehead atoms. The number of hydrogen-bond donors (Lipinski definition) is 2. The molecule has 0 saturated carbocycles. The van der Waals surface area contributed by atoms with Crippen LogP contribution in [0.3, 0.4) is 0 Å². The lowest BCUT2D eigenvalue weighted by Gasteiger charge is -2.03. The topological polar surface area (TPSA) is 65.8 Å². The van der Waals surface area contributed by atoms with E-state index in [-0.39, 0.29) is 5.91 Å². The summed E-state index contributed by atoms with van der Waals surface area (Å²) >= 11 is 3.29. The number of anilines is 1. The predicted molar refractivity (Wildman–Crippen MR) is 111 cm³/mol. The highest BCUT2D eigenvalue weighted by Crippen LogP contribution is 2.14. The monoisotopic (exact) mass is 382 g/mol. The van der Waals surface area contributed by atoms with Gasteiger partial charge >= 0.3 is 0 Å². The summed E-state index contributed by atoms with van der Waals surface area (Å²) < 4.78 is 0. The maximum atomic E-state index is 12.2. The van der Waals surface area contributed by atoms with E-state index in [9.17, 15) is 4.79 Å². The van der Waals surface area contributed by atoms with E-state index in [1.165, 1.54) is 9.75 Å². The summed E-state index contributed by atoms with van der Waals surface area (Å²) in [6.07, 6.45) is 3.41. The molecule has 7 heteroatoms. The Kier molecular flexibility index (Phi) is 5.93. The lowest BCUT2D eigenvalue weighted by Crippen LogP contribution is -2.17. The molecule has 0 atom stereocenters. The van der Waals surface area contributed by atoms with Gasteiger partial charge in [-0.3, -0.25) is 10.2 Å². The van der Waals surface area contributed by atoms with E-state index in [4.69, 9.17) is 0 Å². The fourth-order valence-corrected chi connectivity index (χ4v) is 3.66. The third-order valence-corrected chi connectivity index (χ3v) is 5.26. The van der Waals surface area contributed by atoms with Gasteiger partial charge in [-0.15, -0.1) is 22.7 Å². The zero-order valence-corrected chi connectivity index (χ0v) is 16.0. The second-order valence-corrected chi connectivity index (χ2v) is 8.19. The van der Waals surface area contributed by atoms with Crippen molar-refractivity contribution >= 4 is 46.7 Å². The van der Waals surface area contributed by atoms with Crippen molar-refractivity contribution in [2.45, 2.75) is 13.8 Å². The molecule has 0 saturated heterocycles. The van der Waals surface area contributed by atoms with E-state index in [0.29, 0.717) is 5.56 Å². The van der Waals surface area contributed by atoms with E-state index in [1.54, 1.807) is 53.3 Å². The van der Waals surface area contributed by atoms with E-state index in [2.05, 4.69) is 34.0 Å². The number of hydrogen-bond acceptors (Lipinski definition) is 6. The number of nitrogens with zero attached hydrogens (tertiary/aromatic N) is 2. The first kappa shape index (κ1) is 18.0. The second kappa shape index (κ2) is 8.55. The van der Waals surface area contributed by atoms with Gasteiger partial charge in [-0.05, 0) is 56.3 Å². The summed E-state index contributed by atoms with van der Waals surface area (Å²) in [6.45, 7) is 4.08. The summed E-state index contributed by atoms with van der Waals surface area (Å²) in [5.41, 5.74) is 6.73. The van der Waals surface area contributed by atoms with Crippen molar-refractivity contribution in [2.75, 3.05) is 5.43 Å². The third kappa shape index (κ3) is 5.11. The number of carbonyl (C=O) groups excluding carboxylic acids is 1. The molecule has 5 nitrogen and oxygen atoms in total. The summed E-state index contributed by atoms with van der Waals surface area (Å²) in [4.78, 5) is 16.7. The first-order chi connectivity index (χ1) is 12.6. The Balaban J connectivity index is 1.58. The minimum Gasteiger partial charge on any atom is -0.278 e. The van der Waals surface area contributed by atoms with Crippen molar-refractivity contribution in [3.05, 3.63) is 73.6 Å². The molecule has 26 heavy (non-hydrogen) atoms. The van der Waals surface area contributed by atoms with Gasteiger partial charge < -0.3 is 0 Å². The van der Waals surface area contributed by atoms with Crippen LogP contribution in [-0.4, -0.2) is 18.3 Å². The first-order valence-corrected chi connectivity index (χ1v) is 9.59. The SMILES string of the molecule is Cc1ccc(/C=N\NC(=O)c2cccc(N/N=C\c3ccc(C)s3)c2)s1. The fraction of sp³-hybridized carbons (Fsp3) is 0.105. The average Bonchev–Trinajstić information content (AvgIpc) is 3.23. The minimum atomic E-state index is -0.268. The molecule has 2 N–H and O–H groups in total. The molecule has 0 unspecified atom stereocenters. The molecular weight excluding hydrogens is 364 g/mol. The van der Waals surface area contributed by atoms with Gasteiger partial charge in [0.1, 0.15) is 0 Å². The van der Waals surface area contributed by atoms with Crippen LogP contribution in [-0.2, 0) is 0 Å². The molecular formula is C19H18N4OS2. The highest BCUT2D eigenvalue weighted by Gasteiger charge is 2.05. The summed E-state index contributed by atoms with van der Waals surface area (Å²) in [6, 6.07) is 15.2. The van der Waals surface area contributed by atoms with E-state index >= 15 is 0 Å². The molecule has 0 radical (unpaired) electrons. The van der Waals surface area contributed by atoms with Crippen LogP contribution in [0.15, 0.2) is 58.7 Å². The lowest BCUT2D eigenvalue weighted by molar-refractivity contribution is 0.0955. The molecule has 1 aromatic carbocycles. The van der Waals surface area contributed by atoms with Crippen molar-refractivity contribution in [1.82, 2.24) is 5.43 Å². The van der Waals surface area contributed by atoms with Crippen LogP contribution < -0.4 is 10.9 Å². The molecule has 3 aromatic rings. The van der Waals surface area contributed by atoms with Crippen LogP contribution >= 0.6 is 22.7 Å². The highest BCUT2D eigenvalue weighted by molar-refractivity contribution is 7.13. The number of carbonyl (C=O) groups is 1. The Morgan fingerprint density at radius 2 is 1.58 bits per heavy atom. The average molecular weight is 383 g/mol. The maximum Gasteiger partial charge on any atom is 0.271 e. The van der Waals surface area contributed by atoms with Crippen LogP contribution in [0.2, 0.25) is 0 Å². The van der Waals surface area contributed by atoms with Crippen molar-refractivity contribution < 1.29 is 4.79 Å². The van der Waals surface area contributed by atoms with Crippen molar-refractivity contribution in [3.63, 3.8) is 0 Å². The fourth-order valence-electron chi connectivity index (χ4n) is 2.17. The van der Waals surface area contributed by atoms with Crippen molar-refractivity contribution in [2.24, 2.45) is 10.2 Å². The van der Waals surface area contributed by atoms with Crippen LogP contribution in [0.1, 0.15) is 29.9 Å². The number of amides is 1. The van der Waals surface area contributed by atoms with Crippen molar-refractivity contribution in [1.29, 1.82) is 0 Å². The zero-order valence-electron chi connectivity index (χ0n) is 14.4. The lowest BCUT2D eigenvalue weighted by atomic mass is 10.2. The van der Waals surface area contributed by atoms with E-state index in [0.717, 1.165) is 15.4 Å². The van der Waals surface area contributed by atoms with Crippen LogP contribution in [0.25, 0.3) is 0 Å². The molecule has 2 aromatic heterocycles. The number of thiophene rings is 2. The normalized spacial score (nSPS) is 11.3. The molecule has 3 rings (SSSR count). The Morgan fingerprint density at radius 1 is 0.923 bits per heavy atom. The maximum absolute atomic E-state index is 12.2. The van der Waals surface area contributed by atoms with Gasteiger partial charge in [-0.1, -0.05) is 6.07 Å². The summed E-state index contributed by atoms with van der Waals surface area (Å²) in [5, 5.41) is 8.21. The Bertz CT molecular complexity index is 956. The second-order valence-electron chi connectivity index (χ2n) is 5.55. The number of hydrazone groups is 2. The van der Waals surface area contributed by atoms with Gasteiger partial charge in [-0.2, -0.15) is 10.2 Å². The molecule has 0 aliphatic rings. The quantitative estimate of drug-likeness (QED) is 0.482. The van der Waals surface area contributed by atoms with E-state index in [1.807, 2.05) is 31.2 Å². The third-order valence-electron chi connectivity index (χ3n) is 3.39. The smallest absolute Gasteiger partial charge is 0.271 e. The molecule has 0 aliphatic carbocycles. The van der Waals surface area contributed by atoms with Gasteiger partial charge in [0.25, 0.3) is 5.91 Å². The number of aryl methyl sites for hydroxylation is 2. The molecule has 1 amide bonds. The van der Waals surface area contributed by atoms with Gasteiger partial charge in [0, 0.05) is 25.1 Å². The largest absolute Gasteiger partial charge is 0.278 e. The van der Waals surface area contributed by atoms with Crippen LogP contribution in [0.5, 0.6) is 0 Å². The standard InChI is InChI=1S/C19H18N4OS2/c1-13-6-8-17(25-13)11-20-22-16-5-3-4-15(10-16)19(24)23-21-12-18-9-7-14(2)26-18/h3-12,22H,1-2H3,(H,23,24)/b20-11-,21-12-. The predicted octanol–water partition coefficient (Wildman–Crippen LogP) is 4.64. The Labute approximate surface area is 160 Å². The molecule has 0 fully saturated rings. The van der Waals surface area contributed by atoms with E-state index < -0.39 is 0 Å². The summed E-state index contributed by atoms with van der Waals surface area (Å²) in [5.74, 6) is -0.268. The first-order valence-electron chi connectivity index (χ1n) is 7.95. The zero-order chi connectivity index (χ0) is 18.4. The Hall–Kier alpha value is -2.77. The van der Waals surface area contributed by atoms with Crippen LogP contribution in [0.4, 0.5) is 5.69 Å². The van der Waals surface area contributed by atoms with Gasteiger partial charge in [0.05, 0.1) is 18.1 Å². The molecule has 132 valence electrons. The van der Waals surface area contributed by atoms with Gasteiger partial charge in [-0.25, -0.2) is 5.43 Å². The molecule has 0 spiro atoms. The Morgan fingerprint density at radius 3 is 2.19 bits per heavy atom. The highest BCUT2D eigenvalue weighted by atomic mass is 32.1. The minimum absolute atomic E-state index is 0.268. The van der Waals surface area contributed by atoms with Gasteiger partial charge in [0.15, 0.2) is 0 Å². The number of rotatable bonds is 6. The number of benzene rings is 1.